The predicted octanol–water partition coefficient (Wildman–Crippen LogP) is 5.30. The Morgan fingerprint density at radius 1 is 1.00 bits per heavy atom. The third kappa shape index (κ3) is 4.62. The number of carbonyl (C=O) groups is 2. The summed E-state index contributed by atoms with van der Waals surface area (Å²) in [7, 11) is 0. The molecule has 2 aromatic rings. The van der Waals surface area contributed by atoms with Gasteiger partial charge in [0.15, 0.2) is 0 Å². The van der Waals surface area contributed by atoms with Gasteiger partial charge in [-0.25, -0.2) is 4.79 Å². The standard InChI is InChI=1S/C26H32N4O2S/c1-2-30-22-18-19(12-13-24(22)33-23-11-7-6-10-21(23)25(30)31)27-26(32)29-16-14-28(15-17-29)20-8-4-3-5-9-20/h6-7,10-13,18,20H,2-5,8-9,14-17H2,1H3,(H,27,32). The van der Waals surface area contributed by atoms with Gasteiger partial charge in [0.1, 0.15) is 0 Å². The van der Waals surface area contributed by atoms with Crippen LogP contribution in [0.1, 0.15) is 49.4 Å². The fourth-order valence-corrected chi connectivity index (χ4v) is 6.31. The molecular weight excluding hydrogens is 432 g/mol. The number of anilines is 2. The molecule has 0 radical (unpaired) electrons. The summed E-state index contributed by atoms with van der Waals surface area (Å²) >= 11 is 1.60. The Morgan fingerprint density at radius 2 is 1.76 bits per heavy atom. The highest BCUT2D eigenvalue weighted by Crippen LogP contribution is 2.42. The van der Waals surface area contributed by atoms with Crippen LogP contribution in [0.15, 0.2) is 52.3 Å². The fourth-order valence-electron chi connectivity index (χ4n) is 5.25. The van der Waals surface area contributed by atoms with Crippen LogP contribution in [0.5, 0.6) is 0 Å². The van der Waals surface area contributed by atoms with Crippen LogP contribution >= 0.6 is 11.8 Å². The molecule has 3 amide bonds. The average Bonchev–Trinajstić information content (AvgIpc) is 2.98. The van der Waals surface area contributed by atoms with Crippen LogP contribution in [0, 0.1) is 0 Å². The summed E-state index contributed by atoms with van der Waals surface area (Å²) < 4.78 is 0. The third-order valence-electron chi connectivity index (χ3n) is 7.09. The Morgan fingerprint density at radius 3 is 2.52 bits per heavy atom. The van der Waals surface area contributed by atoms with Crippen molar-refractivity contribution >= 4 is 35.1 Å². The molecule has 2 aliphatic heterocycles. The molecule has 174 valence electrons. The average molecular weight is 465 g/mol. The maximum Gasteiger partial charge on any atom is 0.321 e. The fraction of sp³-hybridized carbons (Fsp3) is 0.462. The van der Waals surface area contributed by atoms with E-state index in [0.717, 1.165) is 52.9 Å². The predicted molar refractivity (Wildman–Crippen MR) is 133 cm³/mol. The minimum atomic E-state index is -0.0582. The molecule has 2 heterocycles. The summed E-state index contributed by atoms with van der Waals surface area (Å²) in [6, 6.07) is 14.3. The monoisotopic (exact) mass is 464 g/mol. The van der Waals surface area contributed by atoms with Crippen molar-refractivity contribution in [3.8, 4) is 0 Å². The number of fused-ring (bicyclic) bond motifs is 2. The van der Waals surface area contributed by atoms with Crippen LogP contribution in [0.3, 0.4) is 0 Å². The maximum atomic E-state index is 13.2. The number of hydrogen-bond donors (Lipinski definition) is 1. The molecule has 0 aromatic heterocycles. The van der Waals surface area contributed by atoms with E-state index in [0.29, 0.717) is 12.6 Å². The molecule has 0 atom stereocenters. The number of carbonyl (C=O) groups excluding carboxylic acids is 2. The van der Waals surface area contributed by atoms with Gasteiger partial charge in [0.05, 0.1) is 11.3 Å². The number of rotatable bonds is 3. The second-order valence-electron chi connectivity index (χ2n) is 9.08. The zero-order chi connectivity index (χ0) is 22.8. The quantitative estimate of drug-likeness (QED) is 0.670. The summed E-state index contributed by atoms with van der Waals surface area (Å²) in [6.07, 6.45) is 6.64. The van der Waals surface area contributed by atoms with E-state index in [1.807, 2.05) is 54.3 Å². The summed E-state index contributed by atoms with van der Waals surface area (Å²) in [4.78, 5) is 34.5. The lowest BCUT2D eigenvalue weighted by Crippen LogP contribution is -2.53. The van der Waals surface area contributed by atoms with E-state index in [4.69, 9.17) is 0 Å². The van der Waals surface area contributed by atoms with Crippen LogP contribution in [-0.2, 0) is 0 Å². The third-order valence-corrected chi connectivity index (χ3v) is 8.23. The van der Waals surface area contributed by atoms with Crippen LogP contribution in [0.4, 0.5) is 16.2 Å². The van der Waals surface area contributed by atoms with Crippen molar-refractivity contribution in [2.45, 2.75) is 54.9 Å². The normalized spacial score (nSPS) is 19.6. The van der Waals surface area contributed by atoms with Crippen molar-refractivity contribution in [1.29, 1.82) is 0 Å². The molecule has 1 N–H and O–H groups in total. The summed E-state index contributed by atoms with van der Waals surface area (Å²) in [5.41, 5.74) is 2.30. The van der Waals surface area contributed by atoms with E-state index in [2.05, 4.69) is 10.2 Å². The molecule has 5 rings (SSSR count). The number of hydrogen-bond acceptors (Lipinski definition) is 4. The van der Waals surface area contributed by atoms with Crippen molar-refractivity contribution < 1.29 is 9.59 Å². The first-order valence-electron chi connectivity index (χ1n) is 12.2. The molecule has 1 saturated carbocycles. The first-order chi connectivity index (χ1) is 16.1. The first-order valence-corrected chi connectivity index (χ1v) is 13.0. The summed E-state index contributed by atoms with van der Waals surface area (Å²) in [5.74, 6) is 0.00154. The first kappa shape index (κ1) is 22.3. The van der Waals surface area contributed by atoms with Crippen molar-refractivity contribution in [2.24, 2.45) is 0 Å². The van der Waals surface area contributed by atoms with Gasteiger partial charge in [0.2, 0.25) is 0 Å². The molecule has 0 spiro atoms. The Hall–Kier alpha value is -2.51. The molecule has 1 saturated heterocycles. The second kappa shape index (κ2) is 9.77. The van der Waals surface area contributed by atoms with Crippen molar-refractivity contribution in [3.63, 3.8) is 0 Å². The Bertz CT molecular complexity index is 1030. The lowest BCUT2D eigenvalue weighted by Gasteiger charge is -2.40. The molecule has 1 aliphatic carbocycles. The molecule has 33 heavy (non-hydrogen) atoms. The van der Waals surface area contributed by atoms with Gasteiger partial charge in [-0.05, 0) is 50.1 Å². The van der Waals surface area contributed by atoms with E-state index in [-0.39, 0.29) is 11.9 Å². The van der Waals surface area contributed by atoms with Gasteiger partial charge < -0.3 is 15.1 Å². The van der Waals surface area contributed by atoms with Gasteiger partial charge in [0, 0.05) is 54.2 Å². The summed E-state index contributed by atoms with van der Waals surface area (Å²) in [5, 5.41) is 3.08. The molecular formula is C26H32N4O2S. The molecule has 0 bridgehead atoms. The highest BCUT2D eigenvalue weighted by atomic mass is 32.2. The Labute approximate surface area is 200 Å². The molecule has 3 aliphatic rings. The second-order valence-corrected chi connectivity index (χ2v) is 10.2. The highest BCUT2D eigenvalue weighted by Gasteiger charge is 2.29. The summed E-state index contributed by atoms with van der Waals surface area (Å²) in [6.45, 7) is 5.99. The number of nitrogens with one attached hydrogen (secondary N) is 1. The Balaban J connectivity index is 1.27. The van der Waals surface area contributed by atoms with Gasteiger partial charge in [-0.3, -0.25) is 9.69 Å². The van der Waals surface area contributed by atoms with Gasteiger partial charge >= 0.3 is 6.03 Å². The molecule has 2 aromatic carbocycles. The highest BCUT2D eigenvalue weighted by molar-refractivity contribution is 7.99. The van der Waals surface area contributed by atoms with Gasteiger partial charge in [0.25, 0.3) is 5.91 Å². The van der Waals surface area contributed by atoms with E-state index in [9.17, 15) is 9.59 Å². The topological polar surface area (TPSA) is 55.9 Å². The lowest BCUT2D eigenvalue weighted by molar-refractivity contribution is 0.0943. The minimum absolute atomic E-state index is 0.00154. The Kier molecular flexibility index (Phi) is 6.60. The molecule has 2 fully saturated rings. The van der Waals surface area contributed by atoms with E-state index >= 15 is 0 Å². The molecule has 7 heteroatoms. The van der Waals surface area contributed by atoms with Gasteiger partial charge in [-0.1, -0.05) is 43.2 Å². The number of urea groups is 1. The van der Waals surface area contributed by atoms with Crippen LogP contribution in [-0.4, -0.2) is 60.5 Å². The smallest absolute Gasteiger partial charge is 0.321 e. The van der Waals surface area contributed by atoms with Crippen molar-refractivity contribution in [2.75, 3.05) is 42.9 Å². The molecule has 6 nitrogen and oxygen atoms in total. The number of amides is 3. The largest absolute Gasteiger partial charge is 0.322 e. The zero-order valence-electron chi connectivity index (χ0n) is 19.3. The number of piperazine rings is 1. The van der Waals surface area contributed by atoms with Crippen LogP contribution in [0.25, 0.3) is 0 Å². The van der Waals surface area contributed by atoms with Crippen LogP contribution < -0.4 is 10.2 Å². The minimum Gasteiger partial charge on any atom is -0.322 e. The zero-order valence-corrected chi connectivity index (χ0v) is 20.1. The number of nitrogens with zero attached hydrogens (tertiary/aromatic N) is 3. The van der Waals surface area contributed by atoms with Gasteiger partial charge in [-0.2, -0.15) is 0 Å². The SMILES string of the molecule is CCN1C(=O)c2ccccc2Sc2ccc(NC(=O)N3CCN(C4CCCCC4)CC3)cc21. The maximum absolute atomic E-state index is 13.2. The van der Waals surface area contributed by atoms with E-state index < -0.39 is 0 Å². The van der Waals surface area contributed by atoms with Crippen LogP contribution in [0.2, 0.25) is 0 Å². The number of benzene rings is 2. The van der Waals surface area contributed by atoms with Gasteiger partial charge in [-0.15, -0.1) is 0 Å². The lowest BCUT2D eigenvalue weighted by atomic mass is 9.94. The van der Waals surface area contributed by atoms with E-state index in [1.54, 1.807) is 16.7 Å². The van der Waals surface area contributed by atoms with E-state index in [1.165, 1.54) is 32.1 Å². The van der Waals surface area contributed by atoms with Crippen molar-refractivity contribution in [3.05, 3.63) is 48.0 Å². The van der Waals surface area contributed by atoms with Crippen molar-refractivity contribution in [1.82, 2.24) is 9.80 Å². The molecule has 0 unspecified atom stereocenters.